The fourth-order valence-corrected chi connectivity index (χ4v) is 2.29. The molecule has 2 heterocycles. The first-order chi connectivity index (χ1) is 9.61. The molecular weight excluding hydrogens is 254 g/mol. The highest BCUT2D eigenvalue weighted by molar-refractivity contribution is 5.78. The van der Waals surface area contributed by atoms with Crippen molar-refractivity contribution in [3.05, 3.63) is 46.7 Å². The third kappa shape index (κ3) is 1.77. The number of benzene rings is 1. The number of rotatable bonds is 2. The zero-order valence-electron chi connectivity index (χ0n) is 11.6. The molecule has 0 spiro atoms. The Morgan fingerprint density at radius 1 is 1.15 bits per heavy atom. The van der Waals surface area contributed by atoms with E-state index in [2.05, 4.69) is 10.3 Å². The molecule has 2 aromatic heterocycles. The van der Waals surface area contributed by atoms with Crippen LogP contribution >= 0.6 is 0 Å². The number of nitrogens with zero attached hydrogens (tertiary/aromatic N) is 5. The monoisotopic (exact) mass is 269 g/mol. The lowest BCUT2D eigenvalue weighted by Crippen LogP contribution is -2.19. The van der Waals surface area contributed by atoms with Crippen LogP contribution in [-0.4, -0.2) is 24.1 Å². The van der Waals surface area contributed by atoms with Crippen molar-refractivity contribution in [3.63, 3.8) is 0 Å². The lowest BCUT2D eigenvalue weighted by molar-refractivity contribution is 0.793. The average molecular weight is 269 g/mol. The second-order valence-corrected chi connectivity index (χ2v) is 4.66. The summed E-state index contributed by atoms with van der Waals surface area (Å²) in [5, 5.41) is 8.15. The van der Waals surface area contributed by atoms with Gasteiger partial charge in [0.15, 0.2) is 0 Å². The Balaban J connectivity index is 2.17. The standard InChI is InChI=1S/C14H15N5O/c1-4-5-10-9-19(16-15-10)11-6-7-12-13(8-11)18(3)14(20)17(12)2/h4-9H,1-3H3/b5-4+. The molecule has 0 N–H and O–H groups in total. The first kappa shape index (κ1) is 12.4. The molecule has 6 nitrogen and oxygen atoms in total. The van der Waals surface area contributed by atoms with Crippen LogP contribution in [0.15, 0.2) is 35.3 Å². The van der Waals surface area contributed by atoms with Crippen LogP contribution in [-0.2, 0) is 14.1 Å². The lowest BCUT2D eigenvalue weighted by atomic mass is 10.2. The Labute approximate surface area is 115 Å². The summed E-state index contributed by atoms with van der Waals surface area (Å²) >= 11 is 0. The molecule has 0 aliphatic rings. The highest BCUT2D eigenvalue weighted by atomic mass is 16.1. The summed E-state index contributed by atoms with van der Waals surface area (Å²) in [4.78, 5) is 11.9. The SMILES string of the molecule is C/C=C/c1cn(-c2ccc3c(c2)n(C)c(=O)n3C)nn1. The normalized spacial score (nSPS) is 11.8. The van der Waals surface area contributed by atoms with Crippen molar-refractivity contribution in [3.8, 4) is 5.69 Å². The van der Waals surface area contributed by atoms with E-state index in [0.717, 1.165) is 22.4 Å². The predicted octanol–water partition coefficient (Wildman–Crippen LogP) is 1.49. The molecule has 0 bridgehead atoms. The summed E-state index contributed by atoms with van der Waals surface area (Å²) in [6.07, 6.45) is 5.65. The van der Waals surface area contributed by atoms with Crippen LogP contribution in [0, 0.1) is 0 Å². The van der Waals surface area contributed by atoms with E-state index in [9.17, 15) is 4.79 Å². The first-order valence-corrected chi connectivity index (χ1v) is 6.32. The predicted molar refractivity (Wildman–Crippen MR) is 77.8 cm³/mol. The molecular formula is C14H15N5O. The Morgan fingerprint density at radius 2 is 1.90 bits per heavy atom. The van der Waals surface area contributed by atoms with Gasteiger partial charge in [-0.3, -0.25) is 9.13 Å². The van der Waals surface area contributed by atoms with E-state index in [1.54, 1.807) is 27.9 Å². The minimum atomic E-state index is -0.0367. The van der Waals surface area contributed by atoms with Crippen LogP contribution in [0.25, 0.3) is 22.8 Å². The molecule has 0 fully saturated rings. The fraction of sp³-hybridized carbons (Fsp3) is 0.214. The van der Waals surface area contributed by atoms with Crippen molar-refractivity contribution < 1.29 is 0 Å². The molecule has 0 saturated carbocycles. The lowest BCUT2D eigenvalue weighted by Gasteiger charge is -2.01. The number of aromatic nitrogens is 5. The van der Waals surface area contributed by atoms with Crippen LogP contribution in [0.5, 0.6) is 0 Å². The van der Waals surface area contributed by atoms with Gasteiger partial charge in [-0.25, -0.2) is 9.48 Å². The summed E-state index contributed by atoms with van der Waals surface area (Å²) in [5.41, 5.74) is 3.41. The van der Waals surface area contributed by atoms with Crippen LogP contribution in [0.3, 0.4) is 0 Å². The van der Waals surface area contributed by atoms with Crippen molar-refractivity contribution >= 4 is 17.1 Å². The maximum atomic E-state index is 11.9. The van der Waals surface area contributed by atoms with Gasteiger partial charge in [0.2, 0.25) is 0 Å². The van der Waals surface area contributed by atoms with Crippen molar-refractivity contribution in [2.24, 2.45) is 14.1 Å². The van der Waals surface area contributed by atoms with Gasteiger partial charge in [0.1, 0.15) is 5.69 Å². The largest absolute Gasteiger partial charge is 0.328 e. The minimum Gasteiger partial charge on any atom is -0.295 e. The molecule has 0 radical (unpaired) electrons. The molecule has 102 valence electrons. The van der Waals surface area contributed by atoms with Crippen LogP contribution in [0.2, 0.25) is 0 Å². The van der Waals surface area contributed by atoms with Gasteiger partial charge >= 0.3 is 5.69 Å². The van der Waals surface area contributed by atoms with Crippen LogP contribution in [0.4, 0.5) is 0 Å². The minimum absolute atomic E-state index is 0.0367. The summed E-state index contributed by atoms with van der Waals surface area (Å²) in [6, 6.07) is 5.78. The number of hydrogen-bond acceptors (Lipinski definition) is 3. The number of hydrogen-bond donors (Lipinski definition) is 0. The van der Waals surface area contributed by atoms with Crippen molar-refractivity contribution in [1.82, 2.24) is 24.1 Å². The zero-order valence-corrected chi connectivity index (χ0v) is 11.6. The van der Waals surface area contributed by atoms with Gasteiger partial charge in [0, 0.05) is 14.1 Å². The second kappa shape index (κ2) is 4.48. The molecule has 0 saturated heterocycles. The van der Waals surface area contributed by atoms with Gasteiger partial charge in [-0.2, -0.15) is 0 Å². The molecule has 0 atom stereocenters. The van der Waals surface area contributed by atoms with Gasteiger partial charge in [-0.15, -0.1) is 5.10 Å². The summed E-state index contributed by atoms with van der Waals surface area (Å²) in [6.45, 7) is 1.94. The van der Waals surface area contributed by atoms with Gasteiger partial charge < -0.3 is 0 Å². The van der Waals surface area contributed by atoms with Crippen LogP contribution < -0.4 is 5.69 Å². The van der Waals surface area contributed by atoms with E-state index in [-0.39, 0.29) is 5.69 Å². The maximum absolute atomic E-state index is 11.9. The van der Waals surface area contributed by atoms with E-state index < -0.39 is 0 Å². The fourth-order valence-electron chi connectivity index (χ4n) is 2.29. The summed E-state index contributed by atoms with van der Waals surface area (Å²) < 4.78 is 4.96. The smallest absolute Gasteiger partial charge is 0.295 e. The molecule has 20 heavy (non-hydrogen) atoms. The van der Waals surface area contributed by atoms with Crippen molar-refractivity contribution in [2.45, 2.75) is 6.92 Å². The Hall–Kier alpha value is -2.63. The molecule has 3 aromatic rings. The molecule has 3 rings (SSSR count). The van der Waals surface area contributed by atoms with Gasteiger partial charge in [0.25, 0.3) is 0 Å². The number of imidazole rings is 1. The molecule has 1 aromatic carbocycles. The summed E-state index contributed by atoms with van der Waals surface area (Å²) in [7, 11) is 3.53. The Bertz CT molecular complexity index is 865. The molecule has 0 aliphatic carbocycles. The third-order valence-electron chi connectivity index (χ3n) is 3.37. The average Bonchev–Trinajstić information content (AvgIpc) is 3.00. The quantitative estimate of drug-likeness (QED) is 0.708. The van der Waals surface area contributed by atoms with Crippen LogP contribution in [0.1, 0.15) is 12.6 Å². The number of fused-ring (bicyclic) bond motifs is 1. The molecule has 0 amide bonds. The van der Waals surface area contributed by atoms with Gasteiger partial charge in [-0.05, 0) is 31.2 Å². The zero-order chi connectivity index (χ0) is 14.3. The van der Waals surface area contributed by atoms with Gasteiger partial charge in [0.05, 0.1) is 22.9 Å². The van der Waals surface area contributed by atoms with E-state index in [0.29, 0.717) is 0 Å². The Morgan fingerprint density at radius 3 is 2.65 bits per heavy atom. The summed E-state index contributed by atoms with van der Waals surface area (Å²) in [5.74, 6) is 0. The topological polar surface area (TPSA) is 57.6 Å². The number of aryl methyl sites for hydroxylation is 2. The first-order valence-electron chi connectivity index (χ1n) is 6.32. The molecule has 0 unspecified atom stereocenters. The van der Waals surface area contributed by atoms with Crippen molar-refractivity contribution in [1.29, 1.82) is 0 Å². The highest BCUT2D eigenvalue weighted by Gasteiger charge is 2.09. The van der Waals surface area contributed by atoms with Crippen molar-refractivity contribution in [2.75, 3.05) is 0 Å². The molecule has 0 aliphatic heterocycles. The van der Waals surface area contributed by atoms with E-state index >= 15 is 0 Å². The Kier molecular flexibility index (Phi) is 2.78. The van der Waals surface area contributed by atoms with E-state index in [1.807, 2.05) is 43.5 Å². The number of allylic oxidation sites excluding steroid dienone is 1. The highest BCUT2D eigenvalue weighted by Crippen LogP contribution is 2.16. The molecule has 6 heteroatoms. The van der Waals surface area contributed by atoms with Gasteiger partial charge in [-0.1, -0.05) is 11.3 Å². The third-order valence-corrected chi connectivity index (χ3v) is 3.37. The maximum Gasteiger partial charge on any atom is 0.328 e. The van der Waals surface area contributed by atoms with E-state index in [1.165, 1.54) is 0 Å². The van der Waals surface area contributed by atoms with E-state index in [4.69, 9.17) is 0 Å². The second-order valence-electron chi connectivity index (χ2n) is 4.66.